The maximum atomic E-state index is 12.5. The van der Waals surface area contributed by atoms with Gasteiger partial charge >= 0.3 is 0 Å². The number of hydrogen-bond donors (Lipinski definition) is 2. The highest BCUT2D eigenvalue weighted by Crippen LogP contribution is 2.29. The molecule has 0 aliphatic heterocycles. The molecule has 2 aromatic carbocycles. The maximum absolute atomic E-state index is 12.5. The number of ether oxygens (including phenoxy) is 1. The van der Waals surface area contributed by atoms with Gasteiger partial charge in [0.15, 0.2) is 0 Å². The number of nitrogens with one attached hydrogen (secondary N) is 2. The zero-order chi connectivity index (χ0) is 18.9. The Morgan fingerprint density at radius 2 is 1.85 bits per heavy atom. The third-order valence-electron chi connectivity index (χ3n) is 3.79. The first-order valence-corrected chi connectivity index (χ1v) is 10.0. The van der Waals surface area contributed by atoms with E-state index in [1.807, 2.05) is 0 Å². The summed E-state index contributed by atoms with van der Waals surface area (Å²) in [6.07, 6.45) is 1.60. The molecule has 0 spiro atoms. The number of amides is 1. The second kappa shape index (κ2) is 7.44. The van der Waals surface area contributed by atoms with Gasteiger partial charge in [-0.2, -0.15) is 0 Å². The molecule has 3 rings (SSSR count). The van der Waals surface area contributed by atoms with E-state index in [1.54, 1.807) is 18.2 Å². The van der Waals surface area contributed by atoms with Crippen molar-refractivity contribution in [1.82, 2.24) is 4.72 Å². The van der Waals surface area contributed by atoms with E-state index >= 15 is 0 Å². The number of carbonyl (C=O) groups excluding carboxylic acids is 1. The number of sulfonamides is 1. The summed E-state index contributed by atoms with van der Waals surface area (Å²) >= 11 is 12.1. The molecule has 0 heterocycles. The standard InChI is InChI=1S/C17H16Cl2N2O4S/c1-25-15-7-5-12(9-14(15)19)20-17(22)10-2-6-13(18)16(8-10)26(23,24)21-11-3-4-11/h2,5-9,11,21H,3-4H2,1H3,(H,20,22). The molecule has 1 amide bonds. The Bertz CT molecular complexity index is 959. The lowest BCUT2D eigenvalue weighted by molar-refractivity contribution is 0.102. The van der Waals surface area contributed by atoms with Gasteiger partial charge in [-0.1, -0.05) is 23.2 Å². The molecule has 6 nitrogen and oxygen atoms in total. The van der Waals surface area contributed by atoms with Crippen molar-refractivity contribution in [3.8, 4) is 5.75 Å². The van der Waals surface area contributed by atoms with Crippen LogP contribution in [0.5, 0.6) is 5.75 Å². The lowest BCUT2D eigenvalue weighted by atomic mass is 10.2. The van der Waals surface area contributed by atoms with Crippen LogP contribution in [0.25, 0.3) is 0 Å². The van der Waals surface area contributed by atoms with Crippen LogP contribution in [0.4, 0.5) is 5.69 Å². The Hall–Kier alpha value is -1.80. The Morgan fingerprint density at radius 3 is 2.46 bits per heavy atom. The summed E-state index contributed by atoms with van der Waals surface area (Å²) in [5.74, 6) is 0.00135. The highest BCUT2D eigenvalue weighted by Gasteiger charge is 2.29. The molecular weight excluding hydrogens is 399 g/mol. The molecule has 0 radical (unpaired) electrons. The fraction of sp³-hybridized carbons (Fsp3) is 0.235. The van der Waals surface area contributed by atoms with Crippen molar-refractivity contribution in [1.29, 1.82) is 0 Å². The smallest absolute Gasteiger partial charge is 0.255 e. The molecule has 2 N–H and O–H groups in total. The van der Waals surface area contributed by atoms with Crippen LogP contribution in [-0.2, 0) is 10.0 Å². The van der Waals surface area contributed by atoms with Gasteiger partial charge in [0.25, 0.3) is 5.91 Å². The molecule has 1 fully saturated rings. The zero-order valence-electron chi connectivity index (χ0n) is 13.8. The van der Waals surface area contributed by atoms with Gasteiger partial charge in [-0.3, -0.25) is 4.79 Å². The van der Waals surface area contributed by atoms with Gasteiger partial charge < -0.3 is 10.1 Å². The second-order valence-electron chi connectivity index (χ2n) is 5.84. The molecule has 0 bridgehead atoms. The van der Waals surface area contributed by atoms with Gasteiger partial charge in [0.05, 0.1) is 17.2 Å². The second-order valence-corrected chi connectivity index (χ2v) is 8.34. The number of halogens is 2. The summed E-state index contributed by atoms with van der Waals surface area (Å²) < 4.78 is 32.4. The van der Waals surface area contributed by atoms with Crippen LogP contribution in [0.3, 0.4) is 0 Å². The number of carbonyl (C=O) groups is 1. The van der Waals surface area contributed by atoms with E-state index in [1.165, 1.54) is 25.3 Å². The van der Waals surface area contributed by atoms with Gasteiger partial charge in [-0.05, 0) is 49.2 Å². The van der Waals surface area contributed by atoms with Crippen molar-refractivity contribution in [2.24, 2.45) is 0 Å². The number of benzene rings is 2. The first-order chi connectivity index (χ1) is 12.3. The Balaban J connectivity index is 1.83. The number of anilines is 1. The molecule has 1 saturated carbocycles. The fourth-order valence-electron chi connectivity index (χ4n) is 2.28. The first kappa shape index (κ1) is 19.0. The van der Waals surface area contributed by atoms with Crippen molar-refractivity contribution in [2.45, 2.75) is 23.8 Å². The molecule has 26 heavy (non-hydrogen) atoms. The Labute approximate surface area is 161 Å². The van der Waals surface area contributed by atoms with Crippen LogP contribution in [0.2, 0.25) is 10.0 Å². The molecule has 1 aliphatic carbocycles. The largest absolute Gasteiger partial charge is 0.495 e. The quantitative estimate of drug-likeness (QED) is 0.754. The van der Waals surface area contributed by atoms with Crippen LogP contribution in [0.1, 0.15) is 23.2 Å². The monoisotopic (exact) mass is 414 g/mol. The van der Waals surface area contributed by atoms with Crippen molar-refractivity contribution < 1.29 is 17.9 Å². The molecule has 2 aromatic rings. The van der Waals surface area contributed by atoms with Crippen LogP contribution < -0.4 is 14.8 Å². The first-order valence-electron chi connectivity index (χ1n) is 7.77. The van der Waals surface area contributed by atoms with Gasteiger partial charge in [0.1, 0.15) is 10.6 Å². The highest BCUT2D eigenvalue weighted by molar-refractivity contribution is 7.89. The molecule has 138 valence electrons. The lowest BCUT2D eigenvalue weighted by Crippen LogP contribution is -2.26. The molecule has 0 aromatic heterocycles. The van der Waals surface area contributed by atoms with E-state index in [2.05, 4.69) is 10.0 Å². The van der Waals surface area contributed by atoms with Gasteiger partial charge in [-0.25, -0.2) is 13.1 Å². The average molecular weight is 415 g/mol. The minimum atomic E-state index is -3.77. The van der Waals surface area contributed by atoms with Gasteiger partial charge in [0, 0.05) is 17.3 Å². The lowest BCUT2D eigenvalue weighted by Gasteiger charge is -2.11. The van der Waals surface area contributed by atoms with E-state index in [-0.39, 0.29) is 21.5 Å². The van der Waals surface area contributed by atoms with Crippen LogP contribution in [0, 0.1) is 0 Å². The highest BCUT2D eigenvalue weighted by atomic mass is 35.5. The summed E-state index contributed by atoms with van der Waals surface area (Å²) in [5, 5.41) is 3.07. The molecule has 0 atom stereocenters. The third kappa shape index (κ3) is 4.29. The van der Waals surface area contributed by atoms with E-state index < -0.39 is 15.9 Å². The summed E-state index contributed by atoms with van der Waals surface area (Å²) in [6.45, 7) is 0. The number of rotatable bonds is 6. The number of hydrogen-bond acceptors (Lipinski definition) is 4. The predicted molar refractivity (Wildman–Crippen MR) is 101 cm³/mol. The summed E-state index contributed by atoms with van der Waals surface area (Å²) in [5.41, 5.74) is 0.619. The minimum absolute atomic E-state index is 0.0576. The van der Waals surface area contributed by atoms with Crippen LogP contribution in [0.15, 0.2) is 41.3 Å². The van der Waals surface area contributed by atoms with Crippen molar-refractivity contribution in [3.63, 3.8) is 0 Å². The van der Waals surface area contributed by atoms with Crippen LogP contribution in [-0.4, -0.2) is 27.5 Å². The summed E-state index contributed by atoms with van der Waals surface area (Å²) in [7, 11) is -2.28. The fourth-order valence-corrected chi connectivity index (χ4v) is 4.37. The van der Waals surface area contributed by atoms with E-state index in [4.69, 9.17) is 27.9 Å². The maximum Gasteiger partial charge on any atom is 0.255 e. The van der Waals surface area contributed by atoms with Crippen molar-refractivity contribution in [3.05, 3.63) is 52.0 Å². The minimum Gasteiger partial charge on any atom is -0.495 e. The molecule has 9 heteroatoms. The molecule has 0 saturated heterocycles. The van der Waals surface area contributed by atoms with Crippen LogP contribution >= 0.6 is 23.2 Å². The molecular formula is C17H16Cl2N2O4S. The zero-order valence-corrected chi connectivity index (χ0v) is 16.1. The third-order valence-corrected chi connectivity index (χ3v) is 6.09. The van der Waals surface area contributed by atoms with Gasteiger partial charge in [-0.15, -0.1) is 0 Å². The summed E-state index contributed by atoms with van der Waals surface area (Å²) in [6, 6.07) is 8.83. The molecule has 1 aliphatic rings. The average Bonchev–Trinajstić information content (AvgIpc) is 3.38. The van der Waals surface area contributed by atoms with Crippen molar-refractivity contribution in [2.75, 3.05) is 12.4 Å². The normalized spacial score (nSPS) is 14.1. The summed E-state index contributed by atoms with van der Waals surface area (Å²) in [4.78, 5) is 12.3. The Kier molecular flexibility index (Phi) is 5.43. The van der Waals surface area contributed by atoms with E-state index in [0.717, 1.165) is 12.8 Å². The van der Waals surface area contributed by atoms with Gasteiger partial charge in [0.2, 0.25) is 10.0 Å². The van der Waals surface area contributed by atoms with Crippen molar-refractivity contribution >= 4 is 44.8 Å². The van der Waals surface area contributed by atoms with E-state index in [9.17, 15) is 13.2 Å². The number of methoxy groups -OCH3 is 1. The molecule has 0 unspecified atom stereocenters. The predicted octanol–water partition coefficient (Wildman–Crippen LogP) is 3.70. The Morgan fingerprint density at radius 1 is 1.12 bits per heavy atom. The topological polar surface area (TPSA) is 84.5 Å². The SMILES string of the molecule is COc1ccc(NC(=O)c2ccc(Cl)c(S(=O)(=O)NC3CC3)c2)cc1Cl. The van der Waals surface area contributed by atoms with E-state index in [0.29, 0.717) is 16.5 Å².